The van der Waals surface area contributed by atoms with Gasteiger partial charge in [0, 0.05) is 5.56 Å². The zero-order chi connectivity index (χ0) is 13.1. The normalized spacial score (nSPS) is 12.2. The quantitative estimate of drug-likeness (QED) is 0.641. The summed E-state index contributed by atoms with van der Waals surface area (Å²) in [6.45, 7) is 1.54. The standard InChI is InChI=1S/C15H15NO2/c1-10(17)11-4-2-5-12(8-11)13-6-3-7-14(9-13)15(16)18/h2-9,15,18H,16H2,1H3. The maximum atomic E-state index is 11.3. The van der Waals surface area contributed by atoms with Crippen molar-refractivity contribution < 1.29 is 9.90 Å². The van der Waals surface area contributed by atoms with Crippen LogP contribution >= 0.6 is 0 Å². The molecule has 0 aliphatic rings. The van der Waals surface area contributed by atoms with Crippen LogP contribution in [0.2, 0.25) is 0 Å². The van der Waals surface area contributed by atoms with Crippen molar-refractivity contribution in [3.05, 3.63) is 59.7 Å². The van der Waals surface area contributed by atoms with Crippen molar-refractivity contribution in [2.75, 3.05) is 0 Å². The summed E-state index contributed by atoms with van der Waals surface area (Å²) in [5.41, 5.74) is 8.63. The molecule has 0 aromatic heterocycles. The van der Waals surface area contributed by atoms with Gasteiger partial charge in [-0.2, -0.15) is 0 Å². The monoisotopic (exact) mass is 241 g/mol. The highest BCUT2D eigenvalue weighted by Crippen LogP contribution is 2.23. The second-order valence-corrected chi connectivity index (χ2v) is 4.21. The molecule has 1 atom stereocenters. The Morgan fingerprint density at radius 3 is 2.33 bits per heavy atom. The lowest BCUT2D eigenvalue weighted by Gasteiger charge is -2.08. The molecule has 0 spiro atoms. The fourth-order valence-electron chi connectivity index (χ4n) is 1.82. The average Bonchev–Trinajstić information content (AvgIpc) is 2.39. The first-order chi connectivity index (χ1) is 8.58. The van der Waals surface area contributed by atoms with Crippen molar-refractivity contribution in [1.29, 1.82) is 0 Å². The Morgan fingerprint density at radius 1 is 1.11 bits per heavy atom. The van der Waals surface area contributed by atoms with E-state index >= 15 is 0 Å². The number of Topliss-reactive ketones (excluding diaryl/α,β-unsaturated/α-hetero) is 1. The molecule has 0 saturated carbocycles. The predicted molar refractivity (Wildman–Crippen MR) is 71.0 cm³/mol. The lowest BCUT2D eigenvalue weighted by Crippen LogP contribution is -2.08. The Bertz CT molecular complexity index is 576. The van der Waals surface area contributed by atoms with Gasteiger partial charge in [0.15, 0.2) is 5.78 Å². The van der Waals surface area contributed by atoms with E-state index in [2.05, 4.69) is 0 Å². The molecule has 3 nitrogen and oxygen atoms in total. The van der Waals surface area contributed by atoms with Crippen LogP contribution in [0.3, 0.4) is 0 Å². The van der Waals surface area contributed by atoms with Crippen LogP contribution in [0.4, 0.5) is 0 Å². The van der Waals surface area contributed by atoms with E-state index in [-0.39, 0.29) is 5.78 Å². The van der Waals surface area contributed by atoms with Crippen LogP contribution in [0.1, 0.15) is 29.1 Å². The number of benzene rings is 2. The van der Waals surface area contributed by atoms with Gasteiger partial charge in [-0.3, -0.25) is 4.79 Å². The van der Waals surface area contributed by atoms with Gasteiger partial charge in [-0.1, -0.05) is 36.4 Å². The van der Waals surface area contributed by atoms with Crippen molar-refractivity contribution in [1.82, 2.24) is 0 Å². The molecule has 0 bridgehead atoms. The smallest absolute Gasteiger partial charge is 0.159 e. The Balaban J connectivity index is 2.45. The van der Waals surface area contributed by atoms with Gasteiger partial charge in [0.2, 0.25) is 0 Å². The molecule has 18 heavy (non-hydrogen) atoms. The van der Waals surface area contributed by atoms with Crippen LogP contribution in [0.5, 0.6) is 0 Å². The minimum absolute atomic E-state index is 0.0341. The molecule has 0 saturated heterocycles. The molecular formula is C15H15NO2. The molecule has 2 aromatic carbocycles. The molecule has 2 rings (SSSR count). The summed E-state index contributed by atoms with van der Waals surface area (Å²) < 4.78 is 0. The fraction of sp³-hybridized carbons (Fsp3) is 0.133. The first kappa shape index (κ1) is 12.5. The third-order valence-electron chi connectivity index (χ3n) is 2.83. The third kappa shape index (κ3) is 2.64. The number of carbonyl (C=O) groups excluding carboxylic acids is 1. The number of aliphatic hydroxyl groups is 1. The summed E-state index contributed by atoms with van der Waals surface area (Å²) in [6.07, 6.45) is -0.985. The van der Waals surface area contributed by atoms with Gasteiger partial charge in [-0.05, 0) is 35.7 Å². The number of aliphatic hydroxyl groups excluding tert-OH is 1. The van der Waals surface area contributed by atoms with Crippen molar-refractivity contribution >= 4 is 5.78 Å². The number of carbonyl (C=O) groups is 1. The number of rotatable bonds is 3. The molecule has 1 unspecified atom stereocenters. The van der Waals surface area contributed by atoms with Crippen LogP contribution in [0.25, 0.3) is 11.1 Å². The van der Waals surface area contributed by atoms with Crippen molar-refractivity contribution in [2.24, 2.45) is 5.73 Å². The first-order valence-corrected chi connectivity index (χ1v) is 5.73. The third-order valence-corrected chi connectivity index (χ3v) is 2.83. The molecule has 0 amide bonds. The van der Waals surface area contributed by atoms with E-state index in [1.807, 2.05) is 36.4 Å². The summed E-state index contributed by atoms with van der Waals surface area (Å²) in [6, 6.07) is 14.7. The van der Waals surface area contributed by atoms with E-state index in [0.29, 0.717) is 11.1 Å². The molecule has 3 heteroatoms. The summed E-state index contributed by atoms with van der Waals surface area (Å²) in [4.78, 5) is 11.3. The molecule has 0 aliphatic carbocycles. The van der Waals surface area contributed by atoms with Crippen molar-refractivity contribution in [3.63, 3.8) is 0 Å². The number of ketones is 1. The van der Waals surface area contributed by atoms with E-state index in [0.717, 1.165) is 11.1 Å². The Hall–Kier alpha value is -1.97. The van der Waals surface area contributed by atoms with E-state index in [9.17, 15) is 9.90 Å². The zero-order valence-electron chi connectivity index (χ0n) is 10.1. The Kier molecular flexibility index (Phi) is 3.55. The van der Waals surface area contributed by atoms with Crippen molar-refractivity contribution in [3.8, 4) is 11.1 Å². The minimum atomic E-state index is -0.985. The lowest BCUT2D eigenvalue weighted by atomic mass is 10.00. The van der Waals surface area contributed by atoms with Crippen LogP contribution in [0, 0.1) is 0 Å². The molecule has 0 fully saturated rings. The first-order valence-electron chi connectivity index (χ1n) is 5.73. The van der Waals surface area contributed by atoms with Gasteiger partial charge in [-0.25, -0.2) is 0 Å². The van der Waals surface area contributed by atoms with Crippen LogP contribution in [0.15, 0.2) is 48.5 Å². The van der Waals surface area contributed by atoms with Crippen LogP contribution < -0.4 is 5.73 Å². The van der Waals surface area contributed by atoms with E-state index in [4.69, 9.17) is 5.73 Å². The zero-order valence-corrected chi connectivity index (χ0v) is 10.1. The molecular weight excluding hydrogens is 226 g/mol. The van der Waals surface area contributed by atoms with Gasteiger partial charge in [0.1, 0.15) is 6.23 Å². The SMILES string of the molecule is CC(=O)c1cccc(-c2cccc(C(N)O)c2)c1. The van der Waals surface area contributed by atoms with Gasteiger partial charge in [0.25, 0.3) is 0 Å². The summed E-state index contributed by atoms with van der Waals surface area (Å²) >= 11 is 0. The van der Waals surface area contributed by atoms with Crippen molar-refractivity contribution in [2.45, 2.75) is 13.2 Å². The van der Waals surface area contributed by atoms with Gasteiger partial charge in [0.05, 0.1) is 0 Å². The topological polar surface area (TPSA) is 63.3 Å². The molecule has 0 radical (unpaired) electrons. The summed E-state index contributed by atoms with van der Waals surface area (Å²) in [5.74, 6) is 0.0341. The fourth-order valence-corrected chi connectivity index (χ4v) is 1.82. The number of nitrogens with two attached hydrogens (primary N) is 1. The van der Waals surface area contributed by atoms with Gasteiger partial charge >= 0.3 is 0 Å². The minimum Gasteiger partial charge on any atom is -0.375 e. The second kappa shape index (κ2) is 5.12. The maximum Gasteiger partial charge on any atom is 0.159 e. The molecule has 3 N–H and O–H groups in total. The highest BCUT2D eigenvalue weighted by Gasteiger charge is 2.05. The average molecular weight is 241 g/mol. The predicted octanol–water partition coefficient (Wildman–Crippen LogP) is 2.51. The molecule has 92 valence electrons. The largest absolute Gasteiger partial charge is 0.375 e. The van der Waals surface area contributed by atoms with E-state index in [1.165, 1.54) is 0 Å². The summed E-state index contributed by atoms with van der Waals surface area (Å²) in [7, 11) is 0. The Morgan fingerprint density at radius 2 is 1.72 bits per heavy atom. The molecule has 0 aliphatic heterocycles. The van der Waals surface area contributed by atoms with Gasteiger partial charge in [-0.15, -0.1) is 0 Å². The number of hydrogen-bond donors (Lipinski definition) is 2. The summed E-state index contributed by atoms with van der Waals surface area (Å²) in [5, 5.41) is 9.36. The van der Waals surface area contributed by atoms with Crippen LogP contribution in [-0.4, -0.2) is 10.9 Å². The highest BCUT2D eigenvalue weighted by atomic mass is 16.3. The highest BCUT2D eigenvalue weighted by molar-refractivity contribution is 5.95. The number of hydrogen-bond acceptors (Lipinski definition) is 3. The van der Waals surface area contributed by atoms with Gasteiger partial charge < -0.3 is 10.8 Å². The molecule has 2 aromatic rings. The van der Waals surface area contributed by atoms with Crippen LogP contribution in [-0.2, 0) is 0 Å². The maximum absolute atomic E-state index is 11.3. The van der Waals surface area contributed by atoms with E-state index in [1.54, 1.807) is 19.1 Å². The van der Waals surface area contributed by atoms with E-state index < -0.39 is 6.23 Å². The second-order valence-electron chi connectivity index (χ2n) is 4.21. The Labute approximate surface area is 106 Å². The molecule has 0 heterocycles. The lowest BCUT2D eigenvalue weighted by molar-refractivity contribution is 0.101.